The number of rotatable bonds is 20. The maximum atomic E-state index is 12.7. The molecule has 0 aliphatic carbocycles. The van der Waals surface area contributed by atoms with Gasteiger partial charge in [-0.25, -0.2) is 14.4 Å². The fraction of sp³-hybridized carbons (Fsp3) is 0.447. The van der Waals surface area contributed by atoms with E-state index >= 15 is 0 Å². The van der Waals surface area contributed by atoms with Crippen LogP contribution in [0.15, 0.2) is 83.0 Å². The van der Waals surface area contributed by atoms with E-state index in [0.717, 1.165) is 18.6 Å². The molecular weight excluding hydrogens is 596 g/mol. The number of hydrogen-bond donors (Lipinski definition) is 0. The zero-order valence-electron chi connectivity index (χ0n) is 28.1. The van der Waals surface area contributed by atoms with Gasteiger partial charge in [-0.1, -0.05) is 72.1 Å². The average Bonchev–Trinajstić information content (AvgIpc) is 3.09. The van der Waals surface area contributed by atoms with Crippen LogP contribution < -0.4 is 9.47 Å². The summed E-state index contributed by atoms with van der Waals surface area (Å²) in [5.41, 5.74) is 1.81. The first-order chi connectivity index (χ1) is 22.8. The first-order valence-electron chi connectivity index (χ1n) is 16.7. The number of carbonyl (C=O) groups excluding carboxylic acids is 3. The summed E-state index contributed by atoms with van der Waals surface area (Å²) in [7, 11) is 0. The minimum atomic E-state index is -1.04. The van der Waals surface area contributed by atoms with Gasteiger partial charge in [0.2, 0.25) is 0 Å². The molecule has 0 heterocycles. The van der Waals surface area contributed by atoms with Gasteiger partial charge in [-0.3, -0.25) is 0 Å². The molecule has 0 aliphatic heterocycles. The van der Waals surface area contributed by atoms with Gasteiger partial charge in [0, 0.05) is 0 Å². The van der Waals surface area contributed by atoms with Gasteiger partial charge in [-0.05, 0) is 92.1 Å². The fourth-order valence-corrected chi connectivity index (χ4v) is 4.38. The molecule has 9 heteroatoms. The molecule has 0 fully saturated rings. The van der Waals surface area contributed by atoms with Gasteiger partial charge in [0.15, 0.2) is 6.10 Å². The van der Waals surface area contributed by atoms with Crippen LogP contribution in [0.3, 0.4) is 0 Å². The van der Waals surface area contributed by atoms with Crippen LogP contribution >= 0.6 is 0 Å². The normalized spacial score (nSPS) is 12.3. The van der Waals surface area contributed by atoms with Crippen LogP contribution in [0.1, 0.15) is 106 Å². The largest absolute Gasteiger partial charge is 0.494 e. The lowest BCUT2D eigenvalue weighted by molar-refractivity contribution is -0.154. The average molecular weight is 645 g/mol. The molecule has 3 aromatic carbocycles. The molecule has 0 spiro atoms. The Bertz CT molecular complexity index is 1400. The Hall–Kier alpha value is -4.53. The van der Waals surface area contributed by atoms with Crippen molar-refractivity contribution in [3.8, 4) is 11.5 Å². The van der Waals surface area contributed by atoms with Crippen molar-refractivity contribution in [3.05, 3.63) is 83.9 Å². The maximum absolute atomic E-state index is 12.7. The topological polar surface area (TPSA) is 113 Å². The standard InChI is InChI=1S/C38H48N2O7/c1-5-7-8-9-10-11-12-13-26-44-34-24-20-33(21-25-34)40-39-32-18-14-30(15-19-32)38(43)47-35-22-16-31(17-23-35)37(42)46-29(4)36(41)45-27-28(3)6-2/h14-25,28-29H,5-13,26-27H2,1-4H3. The SMILES string of the molecule is CCCCCCCCCCOc1ccc(N=Nc2ccc(C(=O)Oc3ccc(C(=O)OC(C)C(=O)OCC(C)CC)cc3)cc2)cc1. The van der Waals surface area contributed by atoms with E-state index in [4.69, 9.17) is 18.9 Å². The molecule has 0 N–H and O–H groups in total. The fourth-order valence-electron chi connectivity index (χ4n) is 4.38. The predicted octanol–water partition coefficient (Wildman–Crippen LogP) is 9.98. The van der Waals surface area contributed by atoms with Gasteiger partial charge in [0.1, 0.15) is 11.5 Å². The van der Waals surface area contributed by atoms with E-state index in [9.17, 15) is 14.4 Å². The highest BCUT2D eigenvalue weighted by molar-refractivity contribution is 5.93. The van der Waals surface area contributed by atoms with Crippen LogP contribution in [-0.2, 0) is 14.3 Å². The zero-order chi connectivity index (χ0) is 33.9. The lowest BCUT2D eigenvalue weighted by atomic mass is 10.1. The van der Waals surface area contributed by atoms with E-state index in [0.29, 0.717) is 23.5 Å². The van der Waals surface area contributed by atoms with Crippen LogP contribution in [0.4, 0.5) is 11.4 Å². The predicted molar refractivity (Wildman–Crippen MR) is 182 cm³/mol. The molecule has 3 aromatic rings. The second-order valence-corrected chi connectivity index (χ2v) is 11.7. The lowest BCUT2D eigenvalue weighted by Gasteiger charge is -2.15. The van der Waals surface area contributed by atoms with Crippen molar-refractivity contribution < 1.29 is 33.3 Å². The Kier molecular flexibility index (Phi) is 16.2. The Morgan fingerprint density at radius 2 is 1.15 bits per heavy atom. The third kappa shape index (κ3) is 13.8. The minimum Gasteiger partial charge on any atom is -0.494 e. The Labute approximate surface area is 278 Å². The van der Waals surface area contributed by atoms with E-state index in [2.05, 4.69) is 17.2 Å². The van der Waals surface area contributed by atoms with E-state index in [-0.39, 0.29) is 23.8 Å². The van der Waals surface area contributed by atoms with Crippen LogP contribution in [0, 0.1) is 5.92 Å². The van der Waals surface area contributed by atoms with Crippen molar-refractivity contribution in [2.24, 2.45) is 16.1 Å². The van der Waals surface area contributed by atoms with Gasteiger partial charge in [0.25, 0.3) is 0 Å². The third-order valence-corrected chi connectivity index (χ3v) is 7.61. The van der Waals surface area contributed by atoms with E-state index in [1.165, 1.54) is 76.1 Å². The highest BCUT2D eigenvalue weighted by Crippen LogP contribution is 2.23. The van der Waals surface area contributed by atoms with Gasteiger partial charge in [-0.2, -0.15) is 10.2 Å². The van der Waals surface area contributed by atoms with Crippen LogP contribution in [0.25, 0.3) is 0 Å². The maximum Gasteiger partial charge on any atom is 0.347 e. The summed E-state index contributed by atoms with van der Waals surface area (Å²) in [5, 5.41) is 8.52. The second kappa shape index (κ2) is 20.6. The van der Waals surface area contributed by atoms with Crippen molar-refractivity contribution in [2.75, 3.05) is 13.2 Å². The summed E-state index contributed by atoms with van der Waals surface area (Å²) in [6, 6.07) is 19.9. The Morgan fingerprint density at radius 1 is 0.638 bits per heavy atom. The second-order valence-electron chi connectivity index (χ2n) is 11.7. The van der Waals surface area contributed by atoms with Gasteiger partial charge in [-0.15, -0.1) is 0 Å². The highest BCUT2D eigenvalue weighted by Gasteiger charge is 2.21. The molecular formula is C38H48N2O7. The van der Waals surface area contributed by atoms with Gasteiger partial charge in [0.05, 0.1) is 35.7 Å². The number of carbonyl (C=O) groups is 3. The number of benzene rings is 3. The van der Waals surface area contributed by atoms with Crippen molar-refractivity contribution in [1.82, 2.24) is 0 Å². The third-order valence-electron chi connectivity index (χ3n) is 7.61. The summed E-state index contributed by atoms with van der Waals surface area (Å²) in [6.45, 7) is 8.66. The molecule has 2 unspecified atom stereocenters. The lowest BCUT2D eigenvalue weighted by Crippen LogP contribution is -2.27. The summed E-state index contributed by atoms with van der Waals surface area (Å²) in [6.07, 6.45) is 9.96. The van der Waals surface area contributed by atoms with E-state index in [1.54, 1.807) is 24.3 Å². The molecule has 0 radical (unpaired) electrons. The van der Waals surface area contributed by atoms with Gasteiger partial charge < -0.3 is 18.9 Å². The number of esters is 3. The van der Waals surface area contributed by atoms with E-state index in [1.807, 2.05) is 38.1 Å². The Balaban J connectivity index is 1.40. The van der Waals surface area contributed by atoms with Crippen molar-refractivity contribution in [3.63, 3.8) is 0 Å². The monoisotopic (exact) mass is 644 g/mol. The van der Waals surface area contributed by atoms with Crippen LogP contribution in [0.2, 0.25) is 0 Å². The summed E-state index contributed by atoms with van der Waals surface area (Å²) in [5.74, 6) is -0.553. The molecule has 0 bridgehead atoms. The minimum absolute atomic E-state index is 0.210. The molecule has 0 aromatic heterocycles. The Morgan fingerprint density at radius 3 is 1.74 bits per heavy atom. The first kappa shape index (κ1) is 36.9. The number of ether oxygens (including phenoxy) is 4. The number of nitrogens with zero attached hydrogens (tertiary/aromatic N) is 2. The quantitative estimate of drug-likeness (QED) is 0.0520. The number of hydrogen-bond acceptors (Lipinski definition) is 9. The molecule has 9 nitrogen and oxygen atoms in total. The molecule has 3 rings (SSSR count). The summed E-state index contributed by atoms with van der Waals surface area (Å²) in [4.78, 5) is 37.2. The number of unbranched alkanes of at least 4 members (excludes halogenated alkanes) is 7. The van der Waals surface area contributed by atoms with Crippen molar-refractivity contribution in [1.29, 1.82) is 0 Å². The van der Waals surface area contributed by atoms with Crippen LogP contribution in [0.5, 0.6) is 11.5 Å². The van der Waals surface area contributed by atoms with Crippen LogP contribution in [-0.4, -0.2) is 37.2 Å². The zero-order valence-corrected chi connectivity index (χ0v) is 28.1. The molecule has 0 saturated heterocycles. The summed E-state index contributed by atoms with van der Waals surface area (Å²) < 4.78 is 21.7. The smallest absolute Gasteiger partial charge is 0.347 e. The number of azo groups is 1. The van der Waals surface area contributed by atoms with E-state index < -0.39 is 24.0 Å². The molecule has 0 aliphatic rings. The molecule has 0 saturated carbocycles. The molecule has 0 amide bonds. The molecule has 252 valence electrons. The first-order valence-corrected chi connectivity index (χ1v) is 16.7. The van der Waals surface area contributed by atoms with Crippen molar-refractivity contribution >= 4 is 29.3 Å². The molecule has 47 heavy (non-hydrogen) atoms. The van der Waals surface area contributed by atoms with Gasteiger partial charge >= 0.3 is 17.9 Å². The summed E-state index contributed by atoms with van der Waals surface area (Å²) >= 11 is 0. The van der Waals surface area contributed by atoms with Crippen molar-refractivity contribution in [2.45, 2.75) is 91.6 Å². The highest BCUT2D eigenvalue weighted by atomic mass is 16.6. The molecule has 2 atom stereocenters.